The third-order valence-electron chi connectivity index (χ3n) is 7.23. The van der Waals surface area contributed by atoms with Crippen molar-refractivity contribution in [3.63, 3.8) is 0 Å². The largest absolute Gasteiger partial charge is 0.308 e. The predicted molar refractivity (Wildman–Crippen MR) is 80.1 cm³/mol. The van der Waals surface area contributed by atoms with Crippen LogP contribution in [0.1, 0.15) is 79.1 Å². The Kier molecular flexibility index (Phi) is 2.27. The maximum absolute atomic E-state index is 4.18. The summed E-state index contributed by atoms with van der Waals surface area (Å²) in [5.41, 5.74) is 2.40. The van der Waals surface area contributed by atoms with Crippen molar-refractivity contribution in [2.75, 3.05) is 0 Å². The van der Waals surface area contributed by atoms with Gasteiger partial charge in [0.05, 0.1) is 0 Å². The molecule has 5 aliphatic carbocycles. The Bertz CT molecular complexity index is 390. The van der Waals surface area contributed by atoms with Crippen molar-refractivity contribution in [1.82, 2.24) is 5.32 Å². The van der Waals surface area contributed by atoms with Crippen LogP contribution < -0.4 is 5.32 Å². The van der Waals surface area contributed by atoms with E-state index in [1.165, 1.54) is 51.4 Å². The topological polar surface area (TPSA) is 12.0 Å². The minimum atomic E-state index is 0.494. The molecule has 108 valence electrons. The molecular formula is C18H31N. The van der Waals surface area contributed by atoms with Gasteiger partial charge in [0, 0.05) is 11.6 Å². The summed E-state index contributed by atoms with van der Waals surface area (Å²) in [7, 11) is 0. The monoisotopic (exact) mass is 261 g/mol. The second-order valence-corrected chi connectivity index (χ2v) is 9.93. The van der Waals surface area contributed by atoms with Crippen LogP contribution in [-0.4, -0.2) is 11.6 Å². The maximum Gasteiger partial charge on any atom is 0.0197 e. The molecule has 0 spiro atoms. The van der Waals surface area contributed by atoms with Crippen molar-refractivity contribution in [3.05, 3.63) is 0 Å². The first-order valence-corrected chi connectivity index (χ1v) is 8.52. The number of nitrogens with one attached hydrogen (secondary N) is 1. The molecule has 0 saturated heterocycles. The van der Waals surface area contributed by atoms with E-state index in [0.29, 0.717) is 21.8 Å². The normalized spacial score (nSPS) is 55.3. The summed E-state index contributed by atoms with van der Waals surface area (Å²) in [6.07, 6.45) is 11.8. The summed E-state index contributed by atoms with van der Waals surface area (Å²) < 4.78 is 0. The standard InChI is InChI=1S/C18H31N/c1-13(17(4)5-6-17)19-18-9-14-7-15(2,11-18)10-16(3,8-14)12-18/h13-14,19H,5-12H2,1-4H3. The van der Waals surface area contributed by atoms with Gasteiger partial charge in [0.2, 0.25) is 0 Å². The van der Waals surface area contributed by atoms with Crippen LogP contribution in [0.5, 0.6) is 0 Å². The second-order valence-electron chi connectivity index (χ2n) is 9.93. The Labute approximate surface area is 118 Å². The van der Waals surface area contributed by atoms with E-state index in [2.05, 4.69) is 33.0 Å². The zero-order valence-electron chi connectivity index (χ0n) is 13.3. The molecule has 3 atom stereocenters. The van der Waals surface area contributed by atoms with Crippen LogP contribution in [-0.2, 0) is 0 Å². The minimum Gasteiger partial charge on any atom is -0.308 e. The van der Waals surface area contributed by atoms with Crippen LogP contribution in [0, 0.1) is 22.2 Å². The molecule has 5 rings (SSSR count). The Morgan fingerprint density at radius 3 is 1.95 bits per heavy atom. The second kappa shape index (κ2) is 3.40. The fourth-order valence-corrected chi connectivity index (χ4v) is 6.87. The molecule has 0 aromatic carbocycles. The lowest BCUT2D eigenvalue weighted by Crippen LogP contribution is -2.66. The lowest BCUT2D eigenvalue weighted by molar-refractivity contribution is -0.122. The van der Waals surface area contributed by atoms with Gasteiger partial charge in [-0.1, -0.05) is 20.8 Å². The van der Waals surface area contributed by atoms with E-state index in [0.717, 1.165) is 12.0 Å². The minimum absolute atomic E-state index is 0.494. The summed E-state index contributed by atoms with van der Waals surface area (Å²) in [6, 6.07) is 0.718. The van der Waals surface area contributed by atoms with E-state index in [-0.39, 0.29) is 0 Å². The first-order valence-electron chi connectivity index (χ1n) is 8.52. The van der Waals surface area contributed by atoms with Crippen molar-refractivity contribution in [2.45, 2.75) is 90.6 Å². The number of rotatable bonds is 3. The summed E-state index contributed by atoms with van der Waals surface area (Å²) in [4.78, 5) is 0. The van der Waals surface area contributed by atoms with Crippen LogP contribution in [0.25, 0.3) is 0 Å². The molecule has 5 aliphatic rings. The van der Waals surface area contributed by atoms with Crippen molar-refractivity contribution >= 4 is 0 Å². The number of hydrogen-bond donors (Lipinski definition) is 1. The van der Waals surface area contributed by atoms with Crippen molar-refractivity contribution in [2.24, 2.45) is 22.2 Å². The van der Waals surface area contributed by atoms with Crippen LogP contribution in [0.15, 0.2) is 0 Å². The van der Waals surface area contributed by atoms with Gasteiger partial charge in [-0.05, 0) is 80.5 Å². The lowest BCUT2D eigenvalue weighted by Gasteiger charge is -2.66. The van der Waals surface area contributed by atoms with Crippen molar-refractivity contribution < 1.29 is 0 Å². The summed E-state index contributed by atoms with van der Waals surface area (Å²) in [5, 5.41) is 4.18. The highest BCUT2D eigenvalue weighted by molar-refractivity contribution is 5.15. The van der Waals surface area contributed by atoms with Gasteiger partial charge in [-0.15, -0.1) is 0 Å². The SMILES string of the molecule is CC(NC12CC3CC(C)(CC(C)(C3)C1)C2)C1(C)CC1. The predicted octanol–water partition coefficient (Wildman–Crippen LogP) is 4.51. The molecule has 5 fully saturated rings. The highest BCUT2D eigenvalue weighted by Gasteiger charge is 2.61. The molecule has 5 saturated carbocycles. The van der Waals surface area contributed by atoms with Crippen LogP contribution in [0.3, 0.4) is 0 Å². The lowest BCUT2D eigenvalue weighted by atomic mass is 9.42. The Morgan fingerprint density at radius 2 is 1.47 bits per heavy atom. The summed E-state index contributed by atoms with van der Waals surface area (Å²) in [6.45, 7) is 10.1. The third-order valence-corrected chi connectivity index (χ3v) is 7.23. The van der Waals surface area contributed by atoms with Gasteiger partial charge >= 0.3 is 0 Å². The van der Waals surface area contributed by atoms with Gasteiger partial charge in [-0.25, -0.2) is 0 Å². The fourth-order valence-electron chi connectivity index (χ4n) is 6.87. The molecular weight excluding hydrogens is 230 g/mol. The van der Waals surface area contributed by atoms with E-state index in [9.17, 15) is 0 Å². The van der Waals surface area contributed by atoms with Gasteiger partial charge in [-0.2, -0.15) is 0 Å². The van der Waals surface area contributed by atoms with Gasteiger partial charge in [0.15, 0.2) is 0 Å². The summed E-state index contributed by atoms with van der Waals surface area (Å²) in [5.74, 6) is 1.01. The average Bonchev–Trinajstić information content (AvgIpc) is 2.90. The van der Waals surface area contributed by atoms with Gasteiger partial charge in [-0.3, -0.25) is 0 Å². The maximum atomic E-state index is 4.18. The van der Waals surface area contributed by atoms with E-state index in [4.69, 9.17) is 0 Å². The van der Waals surface area contributed by atoms with E-state index < -0.39 is 0 Å². The van der Waals surface area contributed by atoms with Crippen LogP contribution >= 0.6 is 0 Å². The first-order chi connectivity index (χ1) is 8.74. The zero-order valence-corrected chi connectivity index (χ0v) is 13.3. The molecule has 3 unspecified atom stereocenters. The Morgan fingerprint density at radius 1 is 0.895 bits per heavy atom. The van der Waals surface area contributed by atoms with E-state index in [1.807, 2.05) is 0 Å². The van der Waals surface area contributed by atoms with Crippen molar-refractivity contribution in [3.8, 4) is 0 Å². The fraction of sp³-hybridized carbons (Fsp3) is 1.00. The Hall–Kier alpha value is -0.0400. The van der Waals surface area contributed by atoms with Crippen LogP contribution in [0.2, 0.25) is 0 Å². The molecule has 1 nitrogen and oxygen atoms in total. The molecule has 0 heterocycles. The Balaban J connectivity index is 1.60. The quantitative estimate of drug-likeness (QED) is 0.788. The van der Waals surface area contributed by atoms with Gasteiger partial charge < -0.3 is 5.32 Å². The summed E-state index contributed by atoms with van der Waals surface area (Å²) >= 11 is 0. The van der Waals surface area contributed by atoms with Crippen LogP contribution in [0.4, 0.5) is 0 Å². The van der Waals surface area contributed by atoms with Gasteiger partial charge in [0.25, 0.3) is 0 Å². The average molecular weight is 261 g/mol. The molecule has 0 aromatic rings. The van der Waals surface area contributed by atoms with Crippen molar-refractivity contribution in [1.29, 1.82) is 0 Å². The highest BCUT2D eigenvalue weighted by atomic mass is 15.1. The number of hydrogen-bond acceptors (Lipinski definition) is 1. The van der Waals surface area contributed by atoms with E-state index >= 15 is 0 Å². The molecule has 1 N–H and O–H groups in total. The molecule has 19 heavy (non-hydrogen) atoms. The highest BCUT2D eigenvalue weighted by Crippen LogP contribution is 2.66. The van der Waals surface area contributed by atoms with E-state index in [1.54, 1.807) is 0 Å². The van der Waals surface area contributed by atoms with Gasteiger partial charge in [0.1, 0.15) is 0 Å². The molecule has 1 heteroatoms. The molecule has 4 bridgehead atoms. The third kappa shape index (κ3) is 1.91. The molecule has 0 aromatic heterocycles. The molecule has 0 amide bonds. The zero-order chi connectivity index (χ0) is 13.5. The smallest absolute Gasteiger partial charge is 0.0197 e. The molecule has 0 radical (unpaired) electrons. The first kappa shape index (κ1) is 12.7. The molecule has 0 aliphatic heterocycles.